The van der Waals surface area contributed by atoms with E-state index < -0.39 is 0 Å². The first-order chi connectivity index (χ1) is 13.2. The molecule has 146 valence electrons. The third kappa shape index (κ3) is 7.49. The zero-order valence-corrected chi connectivity index (χ0v) is 16.7. The molecule has 0 N–H and O–H groups in total. The third-order valence-corrected chi connectivity index (χ3v) is 4.85. The van der Waals surface area contributed by atoms with Crippen LogP contribution in [0.1, 0.15) is 76.7 Å². The summed E-state index contributed by atoms with van der Waals surface area (Å²) in [5.41, 5.74) is 2.72. The van der Waals surface area contributed by atoms with Crippen LogP contribution in [-0.4, -0.2) is 15.9 Å². The number of aromatic nitrogens is 2. The normalized spacial score (nSPS) is 10.7. The van der Waals surface area contributed by atoms with Crippen molar-refractivity contribution in [3.8, 4) is 17.0 Å². The number of esters is 1. The van der Waals surface area contributed by atoms with Crippen LogP contribution in [0.15, 0.2) is 36.8 Å². The summed E-state index contributed by atoms with van der Waals surface area (Å²) in [6.45, 7) is 4.20. The molecule has 0 bridgehead atoms. The fraction of sp³-hybridized carbons (Fsp3) is 0.522. The Kier molecular flexibility index (Phi) is 9.53. The van der Waals surface area contributed by atoms with E-state index in [0.29, 0.717) is 12.2 Å². The van der Waals surface area contributed by atoms with Gasteiger partial charge in [0.2, 0.25) is 0 Å². The SMILES string of the molecule is CCCCCCCCCCCC(=O)Oc1cccc(-c2ccncn2)c1C. The van der Waals surface area contributed by atoms with Gasteiger partial charge in [0.1, 0.15) is 12.1 Å². The molecule has 0 aliphatic heterocycles. The van der Waals surface area contributed by atoms with E-state index in [1.807, 2.05) is 31.2 Å². The Bertz CT molecular complexity index is 686. The molecule has 0 unspecified atom stereocenters. The van der Waals surface area contributed by atoms with Gasteiger partial charge >= 0.3 is 5.97 Å². The second-order valence-electron chi connectivity index (χ2n) is 7.08. The molecule has 0 atom stereocenters. The maximum absolute atomic E-state index is 12.2. The van der Waals surface area contributed by atoms with Gasteiger partial charge in [0.05, 0.1) is 5.69 Å². The van der Waals surface area contributed by atoms with Crippen molar-refractivity contribution in [3.05, 3.63) is 42.4 Å². The lowest BCUT2D eigenvalue weighted by Crippen LogP contribution is -2.08. The Labute approximate surface area is 163 Å². The average Bonchev–Trinajstić information content (AvgIpc) is 2.69. The number of hydrogen-bond donors (Lipinski definition) is 0. The van der Waals surface area contributed by atoms with E-state index in [1.165, 1.54) is 51.3 Å². The lowest BCUT2D eigenvalue weighted by atomic mass is 10.0. The number of carbonyl (C=O) groups excluding carboxylic acids is 1. The molecule has 27 heavy (non-hydrogen) atoms. The maximum atomic E-state index is 12.2. The van der Waals surface area contributed by atoms with Crippen LogP contribution in [0.5, 0.6) is 5.75 Å². The van der Waals surface area contributed by atoms with Crippen molar-refractivity contribution in [2.24, 2.45) is 0 Å². The maximum Gasteiger partial charge on any atom is 0.311 e. The van der Waals surface area contributed by atoms with E-state index in [2.05, 4.69) is 16.9 Å². The summed E-state index contributed by atoms with van der Waals surface area (Å²) in [6, 6.07) is 7.57. The van der Waals surface area contributed by atoms with Crippen LogP contribution in [0.3, 0.4) is 0 Å². The molecule has 0 aliphatic rings. The van der Waals surface area contributed by atoms with Crippen molar-refractivity contribution in [1.82, 2.24) is 9.97 Å². The number of nitrogens with zero attached hydrogens (tertiary/aromatic N) is 2. The predicted molar refractivity (Wildman–Crippen MR) is 110 cm³/mol. The van der Waals surface area contributed by atoms with Gasteiger partial charge in [0, 0.05) is 23.7 Å². The summed E-state index contributed by atoms with van der Waals surface area (Å²) < 4.78 is 5.60. The number of rotatable bonds is 12. The van der Waals surface area contributed by atoms with E-state index in [9.17, 15) is 4.79 Å². The van der Waals surface area contributed by atoms with Crippen LogP contribution in [0, 0.1) is 6.92 Å². The monoisotopic (exact) mass is 368 g/mol. The van der Waals surface area contributed by atoms with Gasteiger partial charge in [0.15, 0.2) is 0 Å². The molecule has 0 saturated heterocycles. The van der Waals surface area contributed by atoms with Crippen LogP contribution in [0.25, 0.3) is 11.3 Å². The minimum atomic E-state index is -0.152. The number of benzene rings is 1. The molecule has 0 radical (unpaired) electrons. The van der Waals surface area contributed by atoms with E-state index >= 15 is 0 Å². The van der Waals surface area contributed by atoms with Crippen LogP contribution in [-0.2, 0) is 4.79 Å². The highest BCUT2D eigenvalue weighted by atomic mass is 16.5. The molecule has 4 nitrogen and oxygen atoms in total. The first-order valence-corrected chi connectivity index (χ1v) is 10.3. The summed E-state index contributed by atoms with van der Waals surface area (Å²) in [7, 11) is 0. The topological polar surface area (TPSA) is 52.1 Å². The van der Waals surface area contributed by atoms with Crippen molar-refractivity contribution >= 4 is 5.97 Å². The van der Waals surface area contributed by atoms with Crippen LogP contribution < -0.4 is 4.74 Å². The zero-order valence-electron chi connectivity index (χ0n) is 16.7. The highest BCUT2D eigenvalue weighted by molar-refractivity contribution is 5.74. The number of ether oxygens (including phenoxy) is 1. The van der Waals surface area contributed by atoms with Crippen LogP contribution >= 0.6 is 0 Å². The number of hydrogen-bond acceptors (Lipinski definition) is 4. The van der Waals surface area contributed by atoms with Crippen molar-refractivity contribution < 1.29 is 9.53 Å². The first-order valence-electron chi connectivity index (χ1n) is 10.3. The highest BCUT2D eigenvalue weighted by Crippen LogP contribution is 2.28. The van der Waals surface area contributed by atoms with Gasteiger partial charge in [-0.05, 0) is 25.5 Å². The average molecular weight is 369 g/mol. The van der Waals surface area contributed by atoms with Crippen molar-refractivity contribution in [2.45, 2.75) is 78.1 Å². The van der Waals surface area contributed by atoms with Crippen molar-refractivity contribution in [2.75, 3.05) is 0 Å². The molecule has 2 rings (SSSR count). The van der Waals surface area contributed by atoms with Crippen molar-refractivity contribution in [3.63, 3.8) is 0 Å². The Morgan fingerprint density at radius 3 is 2.33 bits per heavy atom. The van der Waals surface area contributed by atoms with Gasteiger partial charge in [-0.25, -0.2) is 9.97 Å². The smallest absolute Gasteiger partial charge is 0.311 e. The van der Waals surface area contributed by atoms with Crippen LogP contribution in [0.2, 0.25) is 0 Å². The first kappa shape index (κ1) is 21.1. The Morgan fingerprint density at radius 2 is 1.67 bits per heavy atom. The fourth-order valence-corrected chi connectivity index (χ4v) is 3.21. The summed E-state index contributed by atoms with van der Waals surface area (Å²) in [6.07, 6.45) is 14.9. The Hall–Kier alpha value is -2.23. The molecular weight excluding hydrogens is 336 g/mol. The van der Waals surface area contributed by atoms with E-state index in [0.717, 1.165) is 29.7 Å². The summed E-state index contributed by atoms with van der Waals surface area (Å²) in [4.78, 5) is 20.4. The number of carbonyl (C=O) groups is 1. The molecular formula is C23H32N2O2. The lowest BCUT2D eigenvalue weighted by molar-refractivity contribution is -0.134. The Balaban J connectivity index is 1.72. The van der Waals surface area contributed by atoms with Gasteiger partial charge in [-0.3, -0.25) is 4.79 Å². The van der Waals surface area contributed by atoms with Gasteiger partial charge in [0.25, 0.3) is 0 Å². The molecule has 1 aromatic carbocycles. The van der Waals surface area contributed by atoms with Gasteiger partial charge in [-0.2, -0.15) is 0 Å². The van der Waals surface area contributed by atoms with Gasteiger partial charge in [-0.15, -0.1) is 0 Å². The standard InChI is InChI=1S/C23H32N2O2/c1-3-4-5-6-7-8-9-10-11-15-23(26)27-22-14-12-13-20(19(22)2)21-16-17-24-18-25-21/h12-14,16-18H,3-11,15H2,1-2H3. The minimum absolute atomic E-state index is 0.152. The lowest BCUT2D eigenvalue weighted by Gasteiger charge is -2.11. The van der Waals surface area contributed by atoms with E-state index in [4.69, 9.17) is 4.74 Å². The van der Waals surface area contributed by atoms with Gasteiger partial charge in [-0.1, -0.05) is 70.4 Å². The molecule has 2 aromatic rings. The summed E-state index contributed by atoms with van der Waals surface area (Å²) in [5, 5.41) is 0. The molecule has 1 heterocycles. The van der Waals surface area contributed by atoms with Gasteiger partial charge < -0.3 is 4.74 Å². The fourth-order valence-electron chi connectivity index (χ4n) is 3.21. The van der Waals surface area contributed by atoms with Crippen molar-refractivity contribution in [1.29, 1.82) is 0 Å². The summed E-state index contributed by atoms with van der Waals surface area (Å²) in [5.74, 6) is 0.466. The number of unbranched alkanes of at least 4 members (excludes halogenated alkanes) is 8. The minimum Gasteiger partial charge on any atom is -0.426 e. The largest absolute Gasteiger partial charge is 0.426 e. The predicted octanol–water partition coefficient (Wildman–Crippen LogP) is 6.28. The van der Waals surface area contributed by atoms with E-state index in [1.54, 1.807) is 6.20 Å². The van der Waals surface area contributed by atoms with Crippen LogP contribution in [0.4, 0.5) is 0 Å². The zero-order chi connectivity index (χ0) is 19.3. The molecule has 4 heteroatoms. The summed E-state index contributed by atoms with van der Waals surface area (Å²) >= 11 is 0. The molecule has 0 fully saturated rings. The second-order valence-corrected chi connectivity index (χ2v) is 7.08. The Morgan fingerprint density at radius 1 is 0.963 bits per heavy atom. The highest BCUT2D eigenvalue weighted by Gasteiger charge is 2.11. The molecule has 0 amide bonds. The molecule has 1 aromatic heterocycles. The molecule has 0 spiro atoms. The van der Waals surface area contributed by atoms with E-state index in [-0.39, 0.29) is 5.97 Å². The molecule has 0 saturated carbocycles. The molecule has 0 aliphatic carbocycles. The quantitative estimate of drug-likeness (QED) is 0.251. The second kappa shape index (κ2) is 12.2. The third-order valence-electron chi connectivity index (χ3n) is 4.85.